The number of benzene rings is 1. The summed E-state index contributed by atoms with van der Waals surface area (Å²) in [5.74, 6) is 0.0169. The van der Waals surface area contributed by atoms with Crippen molar-refractivity contribution in [1.82, 2.24) is 14.7 Å². The Bertz CT molecular complexity index is 910. The molecule has 2 aromatic rings. The molecule has 1 aromatic carbocycles. The highest BCUT2D eigenvalue weighted by molar-refractivity contribution is 7.89. The minimum absolute atomic E-state index is 0.0901. The van der Waals surface area contributed by atoms with Crippen LogP contribution in [-0.4, -0.2) is 43.8 Å². The van der Waals surface area contributed by atoms with Crippen molar-refractivity contribution >= 4 is 21.8 Å². The van der Waals surface area contributed by atoms with Gasteiger partial charge in [-0.3, -0.25) is 4.79 Å². The summed E-state index contributed by atoms with van der Waals surface area (Å²) in [4.78, 5) is 21.4. The van der Waals surface area contributed by atoms with Gasteiger partial charge in [0.15, 0.2) is 11.6 Å². The van der Waals surface area contributed by atoms with Crippen molar-refractivity contribution < 1.29 is 17.6 Å². The lowest BCUT2D eigenvalue weighted by Gasteiger charge is -2.31. The first kappa shape index (κ1) is 19.4. The van der Waals surface area contributed by atoms with Gasteiger partial charge in [0.2, 0.25) is 16.0 Å². The fraction of sp³-hybridized carbons (Fsp3) is 0.389. The third-order valence-corrected chi connectivity index (χ3v) is 6.04. The molecule has 0 aliphatic carbocycles. The van der Waals surface area contributed by atoms with Crippen LogP contribution in [0.4, 0.5) is 10.3 Å². The van der Waals surface area contributed by atoms with Gasteiger partial charge in [0.05, 0.1) is 17.3 Å². The fourth-order valence-corrected chi connectivity index (χ4v) is 4.16. The number of sulfonamides is 1. The number of Topliss-reactive ketones (excluding diaryl/α,β-unsaturated/α-hetero) is 1. The van der Waals surface area contributed by atoms with E-state index in [1.54, 1.807) is 12.1 Å². The van der Waals surface area contributed by atoms with Crippen molar-refractivity contribution in [1.29, 1.82) is 0 Å². The van der Waals surface area contributed by atoms with Gasteiger partial charge >= 0.3 is 0 Å². The summed E-state index contributed by atoms with van der Waals surface area (Å²) in [6, 6.07) is 6.02. The van der Waals surface area contributed by atoms with Crippen molar-refractivity contribution in [2.75, 3.05) is 24.5 Å². The summed E-state index contributed by atoms with van der Waals surface area (Å²) >= 11 is 0. The van der Waals surface area contributed by atoms with Gasteiger partial charge in [-0.1, -0.05) is 12.1 Å². The van der Waals surface area contributed by atoms with Crippen LogP contribution < -0.4 is 9.62 Å². The number of hydrogen-bond donors (Lipinski definition) is 1. The first-order valence-corrected chi connectivity index (χ1v) is 10.2. The zero-order valence-corrected chi connectivity index (χ0v) is 15.7. The van der Waals surface area contributed by atoms with E-state index in [4.69, 9.17) is 0 Å². The molecule has 0 radical (unpaired) electrons. The van der Waals surface area contributed by atoms with Crippen LogP contribution in [-0.2, 0) is 10.0 Å². The van der Waals surface area contributed by atoms with Gasteiger partial charge < -0.3 is 4.90 Å². The number of anilines is 1. The summed E-state index contributed by atoms with van der Waals surface area (Å²) in [7, 11) is -3.67. The normalized spacial score (nSPS) is 15.7. The predicted molar refractivity (Wildman–Crippen MR) is 98.6 cm³/mol. The van der Waals surface area contributed by atoms with Gasteiger partial charge in [0, 0.05) is 25.2 Å². The molecule has 3 rings (SSSR count). The number of carbonyl (C=O) groups is 1. The van der Waals surface area contributed by atoms with Crippen LogP contribution in [0.3, 0.4) is 0 Å². The van der Waals surface area contributed by atoms with E-state index in [-0.39, 0.29) is 16.6 Å². The lowest BCUT2D eigenvalue weighted by atomic mass is 9.97. The number of nitrogens with zero attached hydrogens (tertiary/aromatic N) is 3. The lowest BCUT2D eigenvalue weighted by Crippen LogP contribution is -2.39. The molecule has 0 bridgehead atoms. The van der Waals surface area contributed by atoms with E-state index in [0.29, 0.717) is 31.1 Å². The maximum atomic E-state index is 12.9. The Balaban J connectivity index is 1.55. The molecule has 1 aromatic heterocycles. The van der Waals surface area contributed by atoms with Crippen LogP contribution >= 0.6 is 0 Å². The van der Waals surface area contributed by atoms with Crippen LogP contribution in [0.15, 0.2) is 41.6 Å². The molecule has 9 heteroatoms. The van der Waals surface area contributed by atoms with Gasteiger partial charge in [-0.2, -0.15) is 0 Å². The summed E-state index contributed by atoms with van der Waals surface area (Å²) in [6.07, 6.45) is 3.82. The SMILES string of the molecule is CC(=O)c1cccc(S(=O)(=O)NCC2CCN(c3ncc(F)cn3)CC2)c1. The zero-order valence-electron chi connectivity index (χ0n) is 14.9. The second kappa shape index (κ2) is 8.10. The van der Waals surface area contributed by atoms with E-state index in [1.165, 1.54) is 19.1 Å². The maximum Gasteiger partial charge on any atom is 0.240 e. The highest BCUT2D eigenvalue weighted by Gasteiger charge is 2.23. The molecule has 2 heterocycles. The molecule has 0 unspecified atom stereocenters. The highest BCUT2D eigenvalue weighted by atomic mass is 32.2. The molecule has 7 nitrogen and oxygen atoms in total. The van der Waals surface area contributed by atoms with Crippen LogP contribution in [0, 0.1) is 11.7 Å². The van der Waals surface area contributed by atoms with Gasteiger partial charge in [-0.25, -0.2) is 27.5 Å². The standard InChI is InChI=1S/C18H21FN4O3S/c1-13(24)15-3-2-4-17(9-15)27(25,26)22-10-14-5-7-23(8-6-14)18-20-11-16(19)12-21-18/h2-4,9,11-12,14,22H,5-8,10H2,1H3. The molecule has 0 amide bonds. The minimum Gasteiger partial charge on any atom is -0.341 e. The summed E-state index contributed by atoms with van der Waals surface area (Å²) in [5.41, 5.74) is 0.366. The Labute approximate surface area is 157 Å². The maximum absolute atomic E-state index is 12.9. The number of ketones is 1. The van der Waals surface area contributed by atoms with E-state index in [9.17, 15) is 17.6 Å². The molecule has 1 saturated heterocycles. The number of carbonyl (C=O) groups excluding carboxylic acids is 1. The summed E-state index contributed by atoms with van der Waals surface area (Å²) < 4.78 is 40.5. The molecule has 1 N–H and O–H groups in total. The molecular weight excluding hydrogens is 371 g/mol. The average molecular weight is 392 g/mol. The monoisotopic (exact) mass is 392 g/mol. The number of piperidine rings is 1. The van der Waals surface area contributed by atoms with Gasteiger partial charge in [0.1, 0.15) is 0 Å². The molecule has 1 aliphatic heterocycles. The van der Waals surface area contributed by atoms with Crippen molar-refractivity contribution in [2.45, 2.75) is 24.7 Å². The number of nitrogens with one attached hydrogen (secondary N) is 1. The second-order valence-electron chi connectivity index (χ2n) is 6.57. The second-order valence-corrected chi connectivity index (χ2v) is 8.33. The van der Waals surface area contributed by atoms with Crippen LogP contribution in [0.1, 0.15) is 30.1 Å². The highest BCUT2D eigenvalue weighted by Crippen LogP contribution is 2.21. The molecule has 0 spiro atoms. The molecule has 27 heavy (non-hydrogen) atoms. The molecule has 0 saturated carbocycles. The number of hydrogen-bond acceptors (Lipinski definition) is 6. The van der Waals surface area contributed by atoms with Crippen LogP contribution in [0.5, 0.6) is 0 Å². The summed E-state index contributed by atoms with van der Waals surface area (Å²) in [6.45, 7) is 3.08. The number of aromatic nitrogens is 2. The lowest BCUT2D eigenvalue weighted by molar-refractivity contribution is 0.101. The number of halogens is 1. The zero-order chi connectivity index (χ0) is 19.4. The minimum atomic E-state index is -3.67. The van der Waals surface area contributed by atoms with E-state index < -0.39 is 15.8 Å². The Morgan fingerprint density at radius 1 is 1.26 bits per heavy atom. The Morgan fingerprint density at radius 2 is 1.93 bits per heavy atom. The Kier molecular flexibility index (Phi) is 5.81. The Morgan fingerprint density at radius 3 is 2.56 bits per heavy atom. The molecule has 144 valence electrons. The summed E-state index contributed by atoms with van der Waals surface area (Å²) in [5, 5.41) is 0. The van der Waals surface area contributed by atoms with E-state index >= 15 is 0 Å². The predicted octanol–water partition coefficient (Wildman–Crippen LogP) is 2.01. The van der Waals surface area contributed by atoms with E-state index in [1.807, 2.05) is 4.90 Å². The third-order valence-electron chi connectivity index (χ3n) is 4.62. The molecular formula is C18H21FN4O3S. The fourth-order valence-electron chi connectivity index (χ4n) is 3.00. The molecule has 1 aliphatic rings. The van der Waals surface area contributed by atoms with Crippen LogP contribution in [0.25, 0.3) is 0 Å². The van der Waals surface area contributed by atoms with Gasteiger partial charge in [-0.15, -0.1) is 0 Å². The number of rotatable bonds is 6. The largest absolute Gasteiger partial charge is 0.341 e. The van der Waals surface area contributed by atoms with Crippen molar-refractivity contribution in [3.8, 4) is 0 Å². The van der Waals surface area contributed by atoms with Gasteiger partial charge in [0.25, 0.3) is 0 Å². The van der Waals surface area contributed by atoms with Crippen LogP contribution in [0.2, 0.25) is 0 Å². The molecule has 1 fully saturated rings. The van der Waals surface area contributed by atoms with E-state index in [2.05, 4.69) is 14.7 Å². The van der Waals surface area contributed by atoms with Gasteiger partial charge in [-0.05, 0) is 37.8 Å². The first-order chi connectivity index (χ1) is 12.8. The van der Waals surface area contributed by atoms with Crippen molar-refractivity contribution in [3.05, 3.63) is 48.0 Å². The topological polar surface area (TPSA) is 92.3 Å². The van der Waals surface area contributed by atoms with Crippen molar-refractivity contribution in [2.24, 2.45) is 5.92 Å². The van der Waals surface area contributed by atoms with Crippen molar-refractivity contribution in [3.63, 3.8) is 0 Å². The quantitative estimate of drug-likeness (QED) is 0.756. The average Bonchev–Trinajstić information content (AvgIpc) is 2.67. The molecule has 0 atom stereocenters. The van der Waals surface area contributed by atoms with E-state index in [0.717, 1.165) is 25.2 Å². The Hall–Kier alpha value is -2.39. The third kappa shape index (κ3) is 4.86. The smallest absolute Gasteiger partial charge is 0.240 e. The first-order valence-electron chi connectivity index (χ1n) is 8.68.